The average molecular weight is 383 g/mol. The van der Waals surface area contributed by atoms with Crippen molar-refractivity contribution >= 4 is 29.0 Å². The molecule has 0 spiro atoms. The number of para-hydroxylation sites is 1. The van der Waals surface area contributed by atoms with Crippen molar-refractivity contribution in [3.8, 4) is 0 Å². The molecule has 0 unspecified atom stereocenters. The van der Waals surface area contributed by atoms with Crippen molar-refractivity contribution in [3.05, 3.63) is 54.1 Å². The molecule has 0 aromatic heterocycles. The lowest BCUT2D eigenvalue weighted by molar-refractivity contribution is 0.102. The van der Waals surface area contributed by atoms with Crippen molar-refractivity contribution in [3.63, 3.8) is 0 Å². The van der Waals surface area contributed by atoms with E-state index in [1.165, 1.54) is 0 Å². The van der Waals surface area contributed by atoms with Crippen molar-refractivity contribution in [1.29, 1.82) is 0 Å². The highest BCUT2D eigenvalue weighted by Crippen LogP contribution is 2.22. The Bertz CT molecular complexity index is 800. The fraction of sp³-hybridized carbons (Fsp3) is 0.364. The topological polar surface area (TPSA) is 73.5 Å². The second-order valence-corrected chi connectivity index (χ2v) is 7.18. The number of urea groups is 1. The highest BCUT2D eigenvalue weighted by Gasteiger charge is 2.14. The minimum atomic E-state index is -0.340. The Labute approximate surface area is 167 Å². The fourth-order valence-electron chi connectivity index (χ4n) is 2.99. The lowest BCUT2D eigenvalue weighted by Crippen LogP contribution is -2.34. The zero-order valence-corrected chi connectivity index (χ0v) is 17.2. The van der Waals surface area contributed by atoms with Gasteiger partial charge in [-0.15, -0.1) is 0 Å². The summed E-state index contributed by atoms with van der Waals surface area (Å²) < 4.78 is 0. The molecule has 150 valence electrons. The van der Waals surface area contributed by atoms with Gasteiger partial charge in [-0.25, -0.2) is 4.79 Å². The van der Waals surface area contributed by atoms with Gasteiger partial charge in [0.25, 0.3) is 5.91 Å². The molecule has 0 fully saturated rings. The Morgan fingerprint density at radius 1 is 0.929 bits per heavy atom. The quantitative estimate of drug-likeness (QED) is 0.650. The minimum Gasteiger partial charge on any atom is -0.369 e. The van der Waals surface area contributed by atoms with E-state index >= 15 is 0 Å². The predicted molar refractivity (Wildman–Crippen MR) is 116 cm³/mol. The second kappa shape index (κ2) is 9.78. The number of nitrogens with one attached hydrogen (secondary N) is 3. The highest BCUT2D eigenvalue weighted by atomic mass is 16.2. The first-order chi connectivity index (χ1) is 13.3. The lowest BCUT2D eigenvalue weighted by atomic mass is 10.1. The van der Waals surface area contributed by atoms with E-state index < -0.39 is 0 Å². The van der Waals surface area contributed by atoms with E-state index in [-0.39, 0.29) is 18.0 Å². The summed E-state index contributed by atoms with van der Waals surface area (Å²) in [6.07, 6.45) is 0. The summed E-state index contributed by atoms with van der Waals surface area (Å²) >= 11 is 0. The van der Waals surface area contributed by atoms with Gasteiger partial charge in [-0.05, 0) is 71.0 Å². The Morgan fingerprint density at radius 2 is 1.57 bits per heavy atom. The monoisotopic (exact) mass is 382 g/mol. The third-order valence-corrected chi connectivity index (χ3v) is 4.26. The molecular weight excluding hydrogens is 352 g/mol. The van der Waals surface area contributed by atoms with Crippen LogP contribution in [0.15, 0.2) is 48.5 Å². The fourth-order valence-corrected chi connectivity index (χ4v) is 2.99. The van der Waals surface area contributed by atoms with Crippen LogP contribution in [0, 0.1) is 0 Å². The van der Waals surface area contributed by atoms with Crippen molar-refractivity contribution < 1.29 is 9.59 Å². The molecule has 0 radical (unpaired) electrons. The zero-order valence-electron chi connectivity index (χ0n) is 17.2. The number of carbonyl (C=O) groups is 2. The molecule has 0 saturated heterocycles. The molecule has 2 aromatic carbocycles. The molecule has 6 nitrogen and oxygen atoms in total. The van der Waals surface area contributed by atoms with Crippen LogP contribution in [0.25, 0.3) is 0 Å². The first-order valence-electron chi connectivity index (χ1n) is 9.66. The standard InChI is InChI=1S/C22H30N4O2/c1-6-26(16(4)5)18-13-11-17(12-14-18)24-21(27)19-9-7-8-10-20(19)25-22(28)23-15(2)3/h7-16H,6H2,1-5H3,(H,24,27)(H2,23,25,28). The number of amides is 3. The zero-order chi connectivity index (χ0) is 20.7. The van der Waals surface area contributed by atoms with Gasteiger partial charge in [0.2, 0.25) is 0 Å². The first-order valence-corrected chi connectivity index (χ1v) is 9.66. The van der Waals surface area contributed by atoms with Gasteiger partial charge in [-0.2, -0.15) is 0 Å². The molecule has 2 aromatic rings. The molecule has 0 bridgehead atoms. The number of nitrogens with zero attached hydrogens (tertiary/aromatic N) is 1. The van der Waals surface area contributed by atoms with Crippen LogP contribution in [0.4, 0.5) is 21.9 Å². The van der Waals surface area contributed by atoms with Crippen LogP contribution < -0.4 is 20.9 Å². The molecular formula is C22H30N4O2. The Hall–Kier alpha value is -3.02. The maximum atomic E-state index is 12.7. The molecule has 28 heavy (non-hydrogen) atoms. The first kappa shape index (κ1) is 21.3. The van der Waals surface area contributed by atoms with E-state index in [9.17, 15) is 9.59 Å². The van der Waals surface area contributed by atoms with Gasteiger partial charge in [0.05, 0.1) is 11.3 Å². The third kappa shape index (κ3) is 5.74. The SMILES string of the molecule is CCN(c1ccc(NC(=O)c2ccccc2NC(=O)NC(C)C)cc1)C(C)C. The van der Waals surface area contributed by atoms with E-state index in [1.54, 1.807) is 24.3 Å². The number of hydrogen-bond donors (Lipinski definition) is 3. The normalized spacial score (nSPS) is 10.7. The van der Waals surface area contributed by atoms with E-state index in [4.69, 9.17) is 0 Å². The smallest absolute Gasteiger partial charge is 0.319 e. The molecule has 0 saturated carbocycles. The third-order valence-electron chi connectivity index (χ3n) is 4.26. The summed E-state index contributed by atoms with van der Waals surface area (Å²) in [5, 5.41) is 8.38. The van der Waals surface area contributed by atoms with Gasteiger partial charge < -0.3 is 20.9 Å². The van der Waals surface area contributed by atoms with Crippen molar-refractivity contribution in [1.82, 2.24) is 5.32 Å². The summed E-state index contributed by atoms with van der Waals surface area (Å²) in [5.74, 6) is -0.274. The molecule has 0 aliphatic heterocycles. The van der Waals surface area contributed by atoms with Crippen LogP contribution in [0.1, 0.15) is 45.0 Å². The molecule has 6 heteroatoms. The molecule has 3 amide bonds. The summed E-state index contributed by atoms with van der Waals surface area (Å²) in [5.41, 5.74) is 2.69. The predicted octanol–water partition coefficient (Wildman–Crippen LogP) is 4.70. The van der Waals surface area contributed by atoms with Crippen LogP contribution in [-0.4, -0.2) is 30.6 Å². The molecule has 0 atom stereocenters. The van der Waals surface area contributed by atoms with Crippen molar-refractivity contribution in [2.24, 2.45) is 0 Å². The van der Waals surface area contributed by atoms with Gasteiger partial charge in [-0.3, -0.25) is 4.79 Å². The number of benzene rings is 2. The molecule has 0 aliphatic carbocycles. The van der Waals surface area contributed by atoms with Gasteiger partial charge in [0, 0.05) is 30.0 Å². The van der Waals surface area contributed by atoms with Crippen LogP contribution in [0.3, 0.4) is 0 Å². The Morgan fingerprint density at radius 3 is 2.14 bits per heavy atom. The second-order valence-electron chi connectivity index (χ2n) is 7.18. The van der Waals surface area contributed by atoms with E-state index in [2.05, 4.69) is 41.6 Å². The summed E-state index contributed by atoms with van der Waals surface area (Å²) in [6.45, 7) is 11.1. The van der Waals surface area contributed by atoms with Gasteiger partial charge >= 0.3 is 6.03 Å². The van der Waals surface area contributed by atoms with Crippen LogP contribution in [-0.2, 0) is 0 Å². The van der Waals surface area contributed by atoms with Crippen LogP contribution in [0.2, 0.25) is 0 Å². The number of anilines is 3. The van der Waals surface area contributed by atoms with Gasteiger partial charge in [0.1, 0.15) is 0 Å². The maximum Gasteiger partial charge on any atom is 0.319 e. The van der Waals surface area contributed by atoms with E-state index in [1.807, 2.05) is 38.1 Å². The van der Waals surface area contributed by atoms with E-state index in [0.717, 1.165) is 12.2 Å². The summed E-state index contributed by atoms with van der Waals surface area (Å²) in [7, 11) is 0. The summed E-state index contributed by atoms with van der Waals surface area (Å²) in [4.78, 5) is 27.0. The van der Waals surface area contributed by atoms with Gasteiger partial charge in [0.15, 0.2) is 0 Å². The average Bonchev–Trinajstić information content (AvgIpc) is 2.63. The molecule has 0 aliphatic rings. The number of rotatable bonds is 7. The van der Waals surface area contributed by atoms with Crippen molar-refractivity contribution in [2.75, 3.05) is 22.1 Å². The Kier molecular flexibility index (Phi) is 7.44. The maximum absolute atomic E-state index is 12.7. The van der Waals surface area contributed by atoms with Crippen LogP contribution in [0.5, 0.6) is 0 Å². The summed E-state index contributed by atoms with van der Waals surface area (Å²) in [6, 6.07) is 14.8. The van der Waals surface area contributed by atoms with Gasteiger partial charge in [-0.1, -0.05) is 12.1 Å². The highest BCUT2D eigenvalue weighted by molar-refractivity contribution is 6.10. The largest absolute Gasteiger partial charge is 0.369 e. The number of carbonyl (C=O) groups excluding carboxylic acids is 2. The lowest BCUT2D eigenvalue weighted by Gasteiger charge is -2.27. The Balaban J connectivity index is 2.12. The van der Waals surface area contributed by atoms with Crippen molar-refractivity contribution in [2.45, 2.75) is 46.7 Å². The molecule has 2 rings (SSSR count). The number of hydrogen-bond acceptors (Lipinski definition) is 3. The van der Waals surface area contributed by atoms with Crippen LogP contribution >= 0.6 is 0 Å². The molecule has 0 heterocycles. The minimum absolute atomic E-state index is 0.00743. The molecule has 3 N–H and O–H groups in total. The van der Waals surface area contributed by atoms with E-state index in [0.29, 0.717) is 23.0 Å².